The summed E-state index contributed by atoms with van der Waals surface area (Å²) < 4.78 is 27.8. The quantitative estimate of drug-likeness (QED) is 0.930. The van der Waals surface area contributed by atoms with Gasteiger partial charge in [0, 0.05) is 6.04 Å². The van der Waals surface area contributed by atoms with Crippen LogP contribution in [0.15, 0.2) is 23.1 Å². The van der Waals surface area contributed by atoms with E-state index in [0.717, 1.165) is 38.5 Å². The van der Waals surface area contributed by atoms with Crippen LogP contribution in [0.1, 0.15) is 56.1 Å². The lowest BCUT2D eigenvalue weighted by molar-refractivity contribution is 0.412. The molecule has 3 rings (SSSR count). The van der Waals surface area contributed by atoms with Crippen molar-refractivity contribution in [3.05, 3.63) is 29.3 Å². The van der Waals surface area contributed by atoms with Gasteiger partial charge in [-0.15, -0.1) is 0 Å². The zero-order chi connectivity index (χ0) is 14.0. The van der Waals surface area contributed by atoms with Gasteiger partial charge in [0.05, 0.1) is 4.90 Å². The minimum atomic E-state index is -3.34. The second kappa shape index (κ2) is 5.86. The van der Waals surface area contributed by atoms with E-state index in [2.05, 4.69) is 4.72 Å². The van der Waals surface area contributed by atoms with Crippen molar-refractivity contribution in [3.8, 4) is 0 Å². The molecule has 4 heteroatoms. The normalized spacial score (nSPS) is 20.6. The molecule has 0 aromatic heterocycles. The highest BCUT2D eigenvalue weighted by atomic mass is 32.2. The second-order valence-corrected chi connectivity index (χ2v) is 7.81. The first kappa shape index (κ1) is 14.1. The van der Waals surface area contributed by atoms with E-state index < -0.39 is 10.0 Å². The monoisotopic (exact) mass is 293 g/mol. The van der Waals surface area contributed by atoms with Crippen LogP contribution in [0, 0.1) is 0 Å². The highest BCUT2D eigenvalue weighted by Crippen LogP contribution is 2.25. The Labute approximate surface area is 121 Å². The van der Waals surface area contributed by atoms with E-state index in [1.54, 1.807) is 6.07 Å². The van der Waals surface area contributed by atoms with Gasteiger partial charge < -0.3 is 0 Å². The summed E-state index contributed by atoms with van der Waals surface area (Å²) in [4.78, 5) is 0.448. The van der Waals surface area contributed by atoms with Gasteiger partial charge in [0.15, 0.2) is 0 Å². The Hall–Kier alpha value is -0.870. The van der Waals surface area contributed by atoms with E-state index in [0.29, 0.717) is 4.90 Å². The molecule has 20 heavy (non-hydrogen) atoms. The molecule has 0 spiro atoms. The average Bonchev–Trinajstić information content (AvgIpc) is 2.47. The number of sulfonamides is 1. The van der Waals surface area contributed by atoms with E-state index in [9.17, 15) is 8.42 Å². The molecular formula is C16H23NO2S. The molecule has 2 aliphatic rings. The van der Waals surface area contributed by atoms with Crippen molar-refractivity contribution in [1.29, 1.82) is 0 Å². The Morgan fingerprint density at radius 3 is 2.35 bits per heavy atom. The van der Waals surface area contributed by atoms with Crippen molar-refractivity contribution >= 4 is 10.0 Å². The summed E-state index contributed by atoms with van der Waals surface area (Å²) in [6.07, 6.45) is 9.96. The molecule has 110 valence electrons. The van der Waals surface area contributed by atoms with E-state index in [1.165, 1.54) is 30.4 Å². The molecule has 1 saturated carbocycles. The Morgan fingerprint density at radius 1 is 0.900 bits per heavy atom. The fourth-order valence-electron chi connectivity index (χ4n) is 3.38. The molecule has 0 atom stereocenters. The third-order valence-corrected chi connectivity index (χ3v) is 6.08. The SMILES string of the molecule is O=S(=O)(NC1CCCCC1)c1ccc2c(c1)CCCC2. The summed E-state index contributed by atoms with van der Waals surface area (Å²) in [5, 5.41) is 0. The van der Waals surface area contributed by atoms with E-state index in [-0.39, 0.29) is 6.04 Å². The van der Waals surface area contributed by atoms with E-state index in [1.807, 2.05) is 12.1 Å². The predicted octanol–water partition coefficient (Wildman–Crippen LogP) is 3.18. The first-order valence-corrected chi connectivity index (χ1v) is 9.28. The van der Waals surface area contributed by atoms with E-state index >= 15 is 0 Å². The summed E-state index contributed by atoms with van der Waals surface area (Å²) in [6.45, 7) is 0. The maximum Gasteiger partial charge on any atom is 0.240 e. The Kier molecular flexibility index (Phi) is 4.13. The number of rotatable bonds is 3. The van der Waals surface area contributed by atoms with Crippen molar-refractivity contribution in [1.82, 2.24) is 4.72 Å². The number of hydrogen-bond acceptors (Lipinski definition) is 2. The Balaban J connectivity index is 1.79. The summed E-state index contributed by atoms with van der Waals surface area (Å²) in [5.41, 5.74) is 2.55. The highest BCUT2D eigenvalue weighted by Gasteiger charge is 2.22. The zero-order valence-electron chi connectivity index (χ0n) is 11.9. The van der Waals surface area contributed by atoms with Gasteiger partial charge >= 0.3 is 0 Å². The molecule has 1 aromatic rings. The first-order chi connectivity index (χ1) is 9.65. The molecule has 0 saturated heterocycles. The van der Waals surface area contributed by atoms with Gasteiger partial charge in [0.1, 0.15) is 0 Å². The van der Waals surface area contributed by atoms with Gasteiger partial charge in [-0.3, -0.25) is 0 Å². The zero-order valence-corrected chi connectivity index (χ0v) is 12.7. The Morgan fingerprint density at radius 2 is 1.60 bits per heavy atom. The summed E-state index contributed by atoms with van der Waals surface area (Å²) in [5.74, 6) is 0. The van der Waals surface area contributed by atoms with Crippen LogP contribution in [0.3, 0.4) is 0 Å². The summed E-state index contributed by atoms with van der Waals surface area (Å²) >= 11 is 0. The molecule has 1 N–H and O–H groups in total. The lowest BCUT2D eigenvalue weighted by Crippen LogP contribution is -2.36. The van der Waals surface area contributed by atoms with E-state index in [4.69, 9.17) is 0 Å². The minimum Gasteiger partial charge on any atom is -0.208 e. The molecule has 2 aliphatic carbocycles. The highest BCUT2D eigenvalue weighted by molar-refractivity contribution is 7.89. The molecule has 0 amide bonds. The molecule has 0 heterocycles. The third-order valence-electron chi connectivity index (χ3n) is 4.56. The summed E-state index contributed by atoms with van der Waals surface area (Å²) in [7, 11) is -3.34. The fourth-order valence-corrected chi connectivity index (χ4v) is 4.74. The largest absolute Gasteiger partial charge is 0.240 e. The van der Waals surface area contributed by atoms with Crippen LogP contribution in [0.4, 0.5) is 0 Å². The molecule has 0 aliphatic heterocycles. The van der Waals surface area contributed by atoms with Crippen molar-refractivity contribution in [2.75, 3.05) is 0 Å². The first-order valence-electron chi connectivity index (χ1n) is 7.79. The Bertz CT molecular complexity index is 574. The second-order valence-electron chi connectivity index (χ2n) is 6.09. The van der Waals surface area contributed by atoms with Crippen LogP contribution < -0.4 is 4.72 Å². The maximum absolute atomic E-state index is 12.5. The molecule has 0 radical (unpaired) electrons. The number of fused-ring (bicyclic) bond motifs is 1. The predicted molar refractivity (Wildman–Crippen MR) is 80.3 cm³/mol. The summed E-state index contributed by atoms with van der Waals surface area (Å²) in [6, 6.07) is 5.79. The maximum atomic E-state index is 12.5. The molecule has 1 aromatic carbocycles. The van der Waals surface area contributed by atoms with Crippen LogP contribution >= 0.6 is 0 Å². The molecular weight excluding hydrogens is 270 g/mol. The van der Waals surface area contributed by atoms with Gasteiger partial charge in [-0.2, -0.15) is 0 Å². The molecule has 0 bridgehead atoms. The van der Waals surface area contributed by atoms with Crippen molar-refractivity contribution in [2.45, 2.75) is 68.7 Å². The van der Waals surface area contributed by atoms with Gasteiger partial charge in [-0.25, -0.2) is 13.1 Å². The van der Waals surface area contributed by atoms with Crippen molar-refractivity contribution in [2.24, 2.45) is 0 Å². The number of aryl methyl sites for hydroxylation is 2. The standard InChI is InChI=1S/C16H23NO2S/c18-20(19,17-15-8-2-1-3-9-15)16-11-10-13-6-4-5-7-14(13)12-16/h10-12,15,17H,1-9H2. The van der Waals surface area contributed by atoms with Crippen LogP contribution in [0.25, 0.3) is 0 Å². The van der Waals surface area contributed by atoms with Crippen LogP contribution in [-0.4, -0.2) is 14.5 Å². The van der Waals surface area contributed by atoms with Crippen LogP contribution in [0.5, 0.6) is 0 Å². The third kappa shape index (κ3) is 3.07. The van der Waals surface area contributed by atoms with Crippen LogP contribution in [-0.2, 0) is 22.9 Å². The average molecular weight is 293 g/mol. The van der Waals surface area contributed by atoms with Gasteiger partial charge in [-0.1, -0.05) is 25.3 Å². The van der Waals surface area contributed by atoms with Gasteiger partial charge in [0.25, 0.3) is 0 Å². The molecule has 3 nitrogen and oxygen atoms in total. The smallest absolute Gasteiger partial charge is 0.208 e. The number of nitrogens with one attached hydrogen (secondary N) is 1. The van der Waals surface area contributed by atoms with Gasteiger partial charge in [-0.05, 0) is 61.8 Å². The lowest BCUT2D eigenvalue weighted by atomic mass is 9.92. The van der Waals surface area contributed by atoms with Gasteiger partial charge in [0.2, 0.25) is 10.0 Å². The number of benzene rings is 1. The fraction of sp³-hybridized carbons (Fsp3) is 0.625. The molecule has 1 fully saturated rings. The molecule has 0 unspecified atom stereocenters. The van der Waals surface area contributed by atoms with Crippen LogP contribution in [0.2, 0.25) is 0 Å². The topological polar surface area (TPSA) is 46.2 Å². The minimum absolute atomic E-state index is 0.129. The number of hydrogen-bond donors (Lipinski definition) is 1. The van der Waals surface area contributed by atoms with Crippen molar-refractivity contribution < 1.29 is 8.42 Å². The van der Waals surface area contributed by atoms with Crippen molar-refractivity contribution in [3.63, 3.8) is 0 Å². The lowest BCUT2D eigenvalue weighted by Gasteiger charge is -2.23.